The number of carbonyl (C=O) groups excluding carboxylic acids is 1. The van der Waals surface area contributed by atoms with Crippen molar-refractivity contribution in [3.8, 4) is 0 Å². The van der Waals surface area contributed by atoms with E-state index in [4.69, 9.17) is 4.98 Å². The summed E-state index contributed by atoms with van der Waals surface area (Å²) in [6, 6.07) is 5.91. The first-order valence-corrected chi connectivity index (χ1v) is 10.0. The quantitative estimate of drug-likeness (QED) is 0.892. The molecule has 1 aliphatic heterocycles. The highest BCUT2D eigenvalue weighted by molar-refractivity contribution is 5.79. The van der Waals surface area contributed by atoms with Gasteiger partial charge < -0.3 is 10.2 Å². The molecule has 1 atom stereocenters. The lowest BCUT2D eigenvalue weighted by atomic mass is 9.93. The summed E-state index contributed by atoms with van der Waals surface area (Å²) < 4.78 is 0. The van der Waals surface area contributed by atoms with E-state index in [2.05, 4.69) is 20.2 Å². The van der Waals surface area contributed by atoms with Gasteiger partial charge >= 0.3 is 0 Å². The van der Waals surface area contributed by atoms with Gasteiger partial charge in [0.05, 0.1) is 5.69 Å². The maximum absolute atomic E-state index is 12.8. The number of rotatable bonds is 4. The molecule has 1 saturated carbocycles. The number of anilines is 2. The molecule has 0 bridgehead atoms. The molecule has 142 valence electrons. The number of nitrogens with zero attached hydrogens (tertiary/aromatic N) is 4. The number of amides is 1. The van der Waals surface area contributed by atoms with Gasteiger partial charge in [-0.25, -0.2) is 15.0 Å². The Morgan fingerprint density at radius 1 is 1.11 bits per heavy atom. The van der Waals surface area contributed by atoms with Gasteiger partial charge in [-0.3, -0.25) is 4.79 Å². The predicted molar refractivity (Wildman–Crippen MR) is 105 cm³/mol. The topological polar surface area (TPSA) is 71.0 Å². The molecule has 27 heavy (non-hydrogen) atoms. The lowest BCUT2D eigenvalue weighted by molar-refractivity contribution is -0.136. The lowest BCUT2D eigenvalue weighted by Crippen LogP contribution is -2.42. The molecule has 0 unspecified atom stereocenters. The van der Waals surface area contributed by atoms with Crippen molar-refractivity contribution in [1.82, 2.24) is 19.9 Å². The smallest absolute Gasteiger partial charge is 0.228 e. The summed E-state index contributed by atoms with van der Waals surface area (Å²) in [7, 11) is 0. The van der Waals surface area contributed by atoms with E-state index >= 15 is 0 Å². The first kappa shape index (κ1) is 17.9. The van der Waals surface area contributed by atoms with E-state index in [-0.39, 0.29) is 11.8 Å². The molecular weight excluding hydrogens is 338 g/mol. The van der Waals surface area contributed by atoms with Crippen LogP contribution in [0, 0.1) is 12.8 Å². The van der Waals surface area contributed by atoms with Gasteiger partial charge in [0.15, 0.2) is 0 Å². The number of piperidine rings is 1. The van der Waals surface area contributed by atoms with Crippen molar-refractivity contribution in [2.75, 3.05) is 18.4 Å². The van der Waals surface area contributed by atoms with E-state index in [1.54, 1.807) is 6.20 Å². The van der Waals surface area contributed by atoms with Crippen LogP contribution >= 0.6 is 0 Å². The molecule has 2 aromatic heterocycles. The molecule has 6 nitrogen and oxygen atoms in total. The molecular formula is C21H27N5O. The van der Waals surface area contributed by atoms with Crippen LogP contribution in [-0.4, -0.2) is 38.8 Å². The van der Waals surface area contributed by atoms with E-state index in [1.165, 1.54) is 12.8 Å². The summed E-state index contributed by atoms with van der Waals surface area (Å²) in [5.74, 6) is 2.17. The van der Waals surface area contributed by atoms with Crippen molar-refractivity contribution in [1.29, 1.82) is 0 Å². The Balaban J connectivity index is 1.44. The molecule has 2 fully saturated rings. The van der Waals surface area contributed by atoms with E-state index in [0.29, 0.717) is 11.9 Å². The SMILES string of the molecule is Cc1ccc(Nc2nccc([C@H]3CCCN(C(=O)C4CCCC4)C3)n2)nc1. The number of aromatic nitrogens is 3. The lowest BCUT2D eigenvalue weighted by Gasteiger charge is -2.34. The molecule has 1 amide bonds. The molecule has 1 aliphatic carbocycles. The van der Waals surface area contributed by atoms with Crippen LogP contribution in [0.2, 0.25) is 0 Å². The molecule has 1 saturated heterocycles. The first-order chi connectivity index (χ1) is 13.2. The van der Waals surface area contributed by atoms with Crippen molar-refractivity contribution >= 4 is 17.7 Å². The Hall–Kier alpha value is -2.50. The highest BCUT2D eigenvalue weighted by atomic mass is 16.2. The second kappa shape index (κ2) is 8.03. The summed E-state index contributed by atoms with van der Waals surface area (Å²) in [6.07, 6.45) is 10.2. The van der Waals surface area contributed by atoms with Crippen LogP contribution in [0.4, 0.5) is 11.8 Å². The number of aryl methyl sites for hydroxylation is 1. The maximum atomic E-state index is 12.8. The highest BCUT2D eigenvalue weighted by Crippen LogP contribution is 2.31. The predicted octanol–water partition coefficient (Wildman–Crippen LogP) is 3.82. The molecule has 0 spiro atoms. The van der Waals surface area contributed by atoms with Crippen LogP contribution in [0.5, 0.6) is 0 Å². The van der Waals surface area contributed by atoms with Gasteiger partial charge in [0, 0.05) is 37.3 Å². The first-order valence-electron chi connectivity index (χ1n) is 10.0. The van der Waals surface area contributed by atoms with Crippen molar-refractivity contribution in [3.63, 3.8) is 0 Å². The minimum absolute atomic E-state index is 0.249. The zero-order chi connectivity index (χ0) is 18.6. The largest absolute Gasteiger partial charge is 0.342 e. The Bertz CT molecular complexity index is 785. The van der Waals surface area contributed by atoms with Gasteiger partial charge in [-0.1, -0.05) is 18.9 Å². The van der Waals surface area contributed by atoms with Gasteiger partial charge in [0.1, 0.15) is 5.82 Å². The van der Waals surface area contributed by atoms with E-state index in [1.807, 2.05) is 31.3 Å². The third kappa shape index (κ3) is 4.26. The van der Waals surface area contributed by atoms with Crippen molar-refractivity contribution in [2.24, 2.45) is 5.92 Å². The molecule has 0 aromatic carbocycles. The number of carbonyl (C=O) groups is 1. The van der Waals surface area contributed by atoms with Gasteiger partial charge in [-0.05, 0) is 50.3 Å². The standard InChI is InChI=1S/C21H27N5O/c1-15-8-9-19(23-13-15)25-21-22-11-10-18(24-21)17-7-4-12-26(14-17)20(27)16-5-2-3-6-16/h8-11,13,16-17H,2-7,12,14H2,1H3,(H,22,23,24,25)/t17-/m0/s1. The fourth-order valence-corrected chi connectivity index (χ4v) is 4.17. The van der Waals surface area contributed by atoms with Gasteiger partial charge in [0.25, 0.3) is 0 Å². The zero-order valence-electron chi connectivity index (χ0n) is 15.9. The molecule has 3 heterocycles. The maximum Gasteiger partial charge on any atom is 0.228 e. The van der Waals surface area contributed by atoms with Gasteiger partial charge in [0.2, 0.25) is 11.9 Å². The fraction of sp³-hybridized carbons (Fsp3) is 0.524. The Morgan fingerprint density at radius 3 is 2.74 bits per heavy atom. The number of likely N-dealkylation sites (tertiary alicyclic amines) is 1. The number of nitrogens with one attached hydrogen (secondary N) is 1. The van der Waals surface area contributed by atoms with Crippen molar-refractivity contribution < 1.29 is 4.79 Å². The molecule has 2 aliphatic rings. The van der Waals surface area contributed by atoms with E-state index in [9.17, 15) is 4.79 Å². The Kier molecular flexibility index (Phi) is 5.32. The number of pyridine rings is 1. The molecule has 4 rings (SSSR count). The van der Waals surface area contributed by atoms with Gasteiger partial charge in [-0.15, -0.1) is 0 Å². The summed E-state index contributed by atoms with van der Waals surface area (Å²) >= 11 is 0. The zero-order valence-corrected chi connectivity index (χ0v) is 15.9. The summed E-state index contributed by atoms with van der Waals surface area (Å²) in [5.41, 5.74) is 2.12. The van der Waals surface area contributed by atoms with Crippen LogP contribution < -0.4 is 5.32 Å². The molecule has 2 aromatic rings. The summed E-state index contributed by atoms with van der Waals surface area (Å²) in [5, 5.41) is 3.18. The summed E-state index contributed by atoms with van der Waals surface area (Å²) in [6.45, 7) is 3.67. The van der Waals surface area contributed by atoms with Crippen LogP contribution in [-0.2, 0) is 4.79 Å². The molecule has 1 N–H and O–H groups in total. The van der Waals surface area contributed by atoms with Crippen LogP contribution in [0.3, 0.4) is 0 Å². The monoisotopic (exact) mass is 365 g/mol. The Labute approximate surface area is 160 Å². The van der Waals surface area contributed by atoms with Crippen molar-refractivity contribution in [2.45, 2.75) is 51.4 Å². The second-order valence-corrected chi connectivity index (χ2v) is 7.76. The minimum atomic E-state index is 0.249. The fourth-order valence-electron chi connectivity index (χ4n) is 4.17. The highest BCUT2D eigenvalue weighted by Gasteiger charge is 2.31. The second-order valence-electron chi connectivity index (χ2n) is 7.76. The number of hydrogen-bond acceptors (Lipinski definition) is 5. The minimum Gasteiger partial charge on any atom is -0.342 e. The van der Waals surface area contributed by atoms with Crippen LogP contribution in [0.1, 0.15) is 55.7 Å². The van der Waals surface area contributed by atoms with Crippen LogP contribution in [0.25, 0.3) is 0 Å². The van der Waals surface area contributed by atoms with E-state index in [0.717, 1.165) is 55.8 Å². The molecule has 6 heteroatoms. The molecule has 0 radical (unpaired) electrons. The normalized spacial score (nSPS) is 20.6. The van der Waals surface area contributed by atoms with Gasteiger partial charge in [-0.2, -0.15) is 0 Å². The third-order valence-corrected chi connectivity index (χ3v) is 5.68. The summed E-state index contributed by atoms with van der Waals surface area (Å²) in [4.78, 5) is 28.2. The van der Waals surface area contributed by atoms with E-state index < -0.39 is 0 Å². The Morgan fingerprint density at radius 2 is 1.96 bits per heavy atom. The van der Waals surface area contributed by atoms with Crippen molar-refractivity contribution in [3.05, 3.63) is 41.9 Å². The third-order valence-electron chi connectivity index (χ3n) is 5.68. The van der Waals surface area contributed by atoms with Crippen LogP contribution in [0.15, 0.2) is 30.6 Å². The number of hydrogen-bond donors (Lipinski definition) is 1. The average molecular weight is 365 g/mol. The average Bonchev–Trinajstić information content (AvgIpc) is 3.24.